The number of anilines is 1. The molecule has 138 valence electrons. The van der Waals surface area contributed by atoms with Crippen molar-refractivity contribution in [2.45, 2.75) is 19.1 Å². The molecule has 0 fully saturated rings. The topological polar surface area (TPSA) is 98.3 Å². The molecule has 3 aromatic heterocycles. The van der Waals surface area contributed by atoms with Gasteiger partial charge in [-0.2, -0.15) is 28.6 Å². The van der Waals surface area contributed by atoms with Crippen molar-refractivity contribution >= 4 is 17.0 Å². The quantitative estimate of drug-likeness (QED) is 0.573. The second kappa shape index (κ2) is 6.38. The van der Waals surface area contributed by atoms with E-state index in [-0.39, 0.29) is 30.0 Å². The van der Waals surface area contributed by atoms with Crippen LogP contribution in [-0.2, 0) is 19.1 Å². The van der Waals surface area contributed by atoms with E-state index in [1.165, 1.54) is 16.9 Å². The minimum Gasteiger partial charge on any atom is -0.384 e. The standard InChI is InChI=1S/C17H14F3N7/c18-17(19,20)15-12(9-27(25-15)8-10-4-2-1-3-5-10)6-11-7-13(21)22-16-14(11)23-26-24-16/h1-5,7,9H,6,8H2,(H3,21,22,23,24,26). The number of benzene rings is 1. The third-order valence-corrected chi connectivity index (χ3v) is 4.07. The highest BCUT2D eigenvalue weighted by Gasteiger charge is 2.37. The Hall–Kier alpha value is -3.43. The van der Waals surface area contributed by atoms with Crippen LogP contribution in [0, 0.1) is 0 Å². The van der Waals surface area contributed by atoms with Gasteiger partial charge >= 0.3 is 6.18 Å². The minimum atomic E-state index is -4.57. The number of aromatic amines is 1. The van der Waals surface area contributed by atoms with Crippen LogP contribution in [0.1, 0.15) is 22.4 Å². The number of nitrogens with two attached hydrogens (primary N) is 1. The molecule has 1 aromatic carbocycles. The van der Waals surface area contributed by atoms with Crippen LogP contribution in [0.5, 0.6) is 0 Å². The van der Waals surface area contributed by atoms with Gasteiger partial charge in [-0.1, -0.05) is 30.3 Å². The van der Waals surface area contributed by atoms with Crippen molar-refractivity contribution < 1.29 is 13.2 Å². The molecule has 0 bridgehead atoms. The summed E-state index contributed by atoms with van der Waals surface area (Å²) in [6.07, 6.45) is -3.21. The fraction of sp³-hybridized carbons (Fsp3) is 0.176. The summed E-state index contributed by atoms with van der Waals surface area (Å²) in [6, 6.07) is 10.7. The monoisotopic (exact) mass is 373 g/mol. The van der Waals surface area contributed by atoms with Crippen molar-refractivity contribution in [2.24, 2.45) is 0 Å². The van der Waals surface area contributed by atoms with Crippen molar-refractivity contribution in [1.82, 2.24) is 30.2 Å². The molecule has 0 spiro atoms. The first-order chi connectivity index (χ1) is 12.9. The molecule has 4 rings (SSSR count). The van der Waals surface area contributed by atoms with Gasteiger partial charge in [0.15, 0.2) is 5.69 Å². The van der Waals surface area contributed by atoms with Gasteiger partial charge in [-0.05, 0) is 17.2 Å². The van der Waals surface area contributed by atoms with E-state index < -0.39 is 11.9 Å². The van der Waals surface area contributed by atoms with Gasteiger partial charge in [-0.25, -0.2) is 4.98 Å². The highest BCUT2D eigenvalue weighted by molar-refractivity contribution is 5.76. The molecule has 10 heteroatoms. The fourth-order valence-electron chi connectivity index (χ4n) is 2.94. The molecule has 3 heterocycles. The Balaban J connectivity index is 1.73. The Morgan fingerprint density at radius 3 is 2.59 bits per heavy atom. The summed E-state index contributed by atoms with van der Waals surface area (Å²) in [4.78, 5) is 4.00. The number of fused-ring (bicyclic) bond motifs is 1. The summed E-state index contributed by atoms with van der Waals surface area (Å²) >= 11 is 0. The third kappa shape index (κ3) is 3.46. The molecular formula is C17H14F3N7. The number of halogens is 3. The molecular weight excluding hydrogens is 359 g/mol. The van der Waals surface area contributed by atoms with Crippen molar-refractivity contribution in [3.63, 3.8) is 0 Å². The second-order valence-corrected chi connectivity index (χ2v) is 6.06. The van der Waals surface area contributed by atoms with Gasteiger partial charge in [0.05, 0.1) is 6.54 Å². The number of hydrogen-bond acceptors (Lipinski definition) is 5. The largest absolute Gasteiger partial charge is 0.435 e. The van der Waals surface area contributed by atoms with E-state index in [9.17, 15) is 13.2 Å². The number of H-pyrrole nitrogens is 1. The van der Waals surface area contributed by atoms with Gasteiger partial charge in [0.1, 0.15) is 11.3 Å². The molecule has 0 aliphatic carbocycles. The van der Waals surface area contributed by atoms with Crippen molar-refractivity contribution in [3.8, 4) is 0 Å². The van der Waals surface area contributed by atoms with Crippen LogP contribution in [0.3, 0.4) is 0 Å². The lowest BCUT2D eigenvalue weighted by Crippen LogP contribution is -2.10. The number of pyridine rings is 1. The third-order valence-electron chi connectivity index (χ3n) is 4.07. The normalized spacial score (nSPS) is 12.0. The maximum atomic E-state index is 13.5. The molecule has 0 saturated carbocycles. The predicted molar refractivity (Wildman–Crippen MR) is 91.7 cm³/mol. The van der Waals surface area contributed by atoms with E-state index in [0.717, 1.165) is 5.56 Å². The van der Waals surface area contributed by atoms with Crippen molar-refractivity contribution in [2.75, 3.05) is 5.73 Å². The van der Waals surface area contributed by atoms with Crippen LogP contribution < -0.4 is 5.73 Å². The number of alkyl halides is 3. The molecule has 0 saturated heterocycles. The number of nitrogen functional groups attached to an aromatic ring is 1. The molecule has 4 aromatic rings. The molecule has 7 nitrogen and oxygen atoms in total. The zero-order valence-corrected chi connectivity index (χ0v) is 13.9. The summed E-state index contributed by atoms with van der Waals surface area (Å²) in [5, 5.41) is 14.0. The van der Waals surface area contributed by atoms with E-state index in [0.29, 0.717) is 11.1 Å². The van der Waals surface area contributed by atoms with Crippen LogP contribution in [0.4, 0.5) is 19.0 Å². The molecule has 27 heavy (non-hydrogen) atoms. The molecule has 0 amide bonds. The lowest BCUT2D eigenvalue weighted by atomic mass is 10.1. The van der Waals surface area contributed by atoms with Gasteiger partial charge in [-0.15, -0.1) is 5.10 Å². The molecule has 0 radical (unpaired) electrons. The van der Waals surface area contributed by atoms with E-state index >= 15 is 0 Å². The van der Waals surface area contributed by atoms with E-state index in [1.54, 1.807) is 0 Å². The number of nitrogens with zero attached hydrogens (tertiary/aromatic N) is 5. The summed E-state index contributed by atoms with van der Waals surface area (Å²) in [7, 11) is 0. The van der Waals surface area contributed by atoms with Gasteiger partial charge in [0, 0.05) is 18.2 Å². The predicted octanol–water partition coefficient (Wildman–Crippen LogP) is 2.79. The lowest BCUT2D eigenvalue weighted by Gasteiger charge is -2.06. The van der Waals surface area contributed by atoms with Crippen LogP contribution in [0.2, 0.25) is 0 Å². The molecule has 0 aliphatic rings. The number of rotatable bonds is 4. The average molecular weight is 373 g/mol. The van der Waals surface area contributed by atoms with Crippen molar-refractivity contribution in [1.29, 1.82) is 0 Å². The summed E-state index contributed by atoms with van der Waals surface area (Å²) in [6.45, 7) is 0.238. The first-order valence-corrected chi connectivity index (χ1v) is 8.03. The Morgan fingerprint density at radius 2 is 1.85 bits per heavy atom. The van der Waals surface area contributed by atoms with Gasteiger partial charge < -0.3 is 5.73 Å². The summed E-state index contributed by atoms with van der Waals surface area (Å²) in [5.74, 6) is 0.164. The number of aromatic nitrogens is 6. The average Bonchev–Trinajstić information content (AvgIpc) is 3.22. The maximum absolute atomic E-state index is 13.5. The smallest absolute Gasteiger partial charge is 0.384 e. The van der Waals surface area contributed by atoms with Crippen LogP contribution in [0.25, 0.3) is 11.2 Å². The molecule has 0 aliphatic heterocycles. The number of hydrogen-bond donors (Lipinski definition) is 2. The first-order valence-electron chi connectivity index (χ1n) is 8.03. The zero-order chi connectivity index (χ0) is 19.0. The van der Waals surface area contributed by atoms with Crippen molar-refractivity contribution in [3.05, 3.63) is 65.0 Å². The summed E-state index contributed by atoms with van der Waals surface area (Å²) in [5.41, 5.74) is 6.84. The maximum Gasteiger partial charge on any atom is 0.435 e. The Bertz CT molecular complexity index is 1080. The lowest BCUT2D eigenvalue weighted by molar-refractivity contribution is -0.142. The second-order valence-electron chi connectivity index (χ2n) is 6.06. The molecule has 3 N–H and O–H groups in total. The van der Waals surface area contributed by atoms with E-state index in [1.807, 2.05) is 30.3 Å². The van der Waals surface area contributed by atoms with Crippen LogP contribution >= 0.6 is 0 Å². The highest BCUT2D eigenvalue weighted by Crippen LogP contribution is 2.32. The summed E-state index contributed by atoms with van der Waals surface area (Å²) < 4.78 is 41.8. The zero-order valence-electron chi connectivity index (χ0n) is 13.9. The minimum absolute atomic E-state index is 0.0355. The van der Waals surface area contributed by atoms with E-state index in [2.05, 4.69) is 25.5 Å². The first kappa shape index (κ1) is 17.0. The Labute approximate surface area is 151 Å². The Morgan fingerprint density at radius 1 is 1.07 bits per heavy atom. The number of nitrogens with one attached hydrogen (secondary N) is 1. The van der Waals surface area contributed by atoms with Gasteiger partial charge in [0.25, 0.3) is 0 Å². The Kier molecular flexibility index (Phi) is 4.02. The fourth-order valence-corrected chi connectivity index (χ4v) is 2.94. The van der Waals surface area contributed by atoms with Gasteiger partial charge in [0.2, 0.25) is 5.65 Å². The highest BCUT2D eigenvalue weighted by atomic mass is 19.4. The van der Waals surface area contributed by atoms with Gasteiger partial charge in [-0.3, -0.25) is 4.68 Å². The van der Waals surface area contributed by atoms with Crippen LogP contribution in [-0.4, -0.2) is 30.2 Å². The van der Waals surface area contributed by atoms with E-state index in [4.69, 9.17) is 5.73 Å². The molecule has 0 unspecified atom stereocenters. The van der Waals surface area contributed by atoms with Crippen LogP contribution in [0.15, 0.2) is 42.6 Å². The molecule has 0 atom stereocenters. The SMILES string of the molecule is Nc1cc(Cc2cn(Cc3ccccc3)nc2C(F)(F)F)c2n[nH]nc2n1.